The molecule has 42 heavy (non-hydrogen) atoms. The fraction of sp³-hybridized carbons (Fsp3) is 0.469. The Labute approximate surface area is 243 Å². The lowest BCUT2D eigenvalue weighted by Gasteiger charge is -2.31. The lowest BCUT2D eigenvalue weighted by Crippen LogP contribution is -2.43. The van der Waals surface area contributed by atoms with Crippen molar-refractivity contribution in [1.82, 2.24) is 14.9 Å². The maximum absolute atomic E-state index is 14.8. The number of carbonyl (C=O) groups is 1. The lowest BCUT2D eigenvalue weighted by atomic mass is 9.95. The first-order chi connectivity index (χ1) is 20.4. The number of aromatic nitrogens is 2. The molecule has 0 spiro atoms. The third-order valence-corrected chi connectivity index (χ3v) is 9.31. The Bertz CT molecular complexity index is 1620. The van der Waals surface area contributed by atoms with E-state index in [9.17, 15) is 18.7 Å². The molecule has 1 N–H and O–H groups in total. The minimum absolute atomic E-state index is 0.0252. The van der Waals surface area contributed by atoms with E-state index >= 15 is 0 Å². The molecule has 218 valence electrons. The normalized spacial score (nSPS) is 24.1. The van der Waals surface area contributed by atoms with Crippen LogP contribution in [0.3, 0.4) is 0 Å². The molecule has 4 aliphatic rings. The van der Waals surface area contributed by atoms with Crippen LogP contribution in [0.2, 0.25) is 0 Å². The molecule has 0 bridgehead atoms. The number of phenols is 1. The predicted molar refractivity (Wildman–Crippen MR) is 155 cm³/mol. The molecule has 3 saturated heterocycles. The highest BCUT2D eigenvalue weighted by molar-refractivity contribution is 6.16. The van der Waals surface area contributed by atoms with Gasteiger partial charge in [-0.3, -0.25) is 9.69 Å². The second kappa shape index (κ2) is 10.4. The molecule has 1 aromatic heterocycles. The number of aromatic hydroxyl groups is 1. The largest absolute Gasteiger partial charge is 0.508 e. The Kier molecular flexibility index (Phi) is 6.65. The van der Waals surface area contributed by atoms with Crippen LogP contribution in [0, 0.1) is 18.2 Å². The number of benzene rings is 2. The smallest absolute Gasteiger partial charge is 0.318 e. The number of nitrogens with zero attached hydrogens (tertiary/aromatic N) is 5. The van der Waals surface area contributed by atoms with Gasteiger partial charge in [-0.1, -0.05) is 24.8 Å². The number of rotatable bonds is 5. The highest BCUT2D eigenvalue weighted by atomic mass is 19.1. The number of terminal acetylenes is 1. The number of alkyl halides is 1. The van der Waals surface area contributed by atoms with Crippen LogP contribution in [0.5, 0.6) is 11.8 Å². The molecule has 2 aromatic carbocycles. The topological polar surface area (TPSA) is 82.0 Å². The van der Waals surface area contributed by atoms with Crippen molar-refractivity contribution in [2.75, 3.05) is 42.6 Å². The number of amides is 1. The summed E-state index contributed by atoms with van der Waals surface area (Å²) < 4.78 is 35.4. The Hall–Kier alpha value is -3.97. The third-order valence-electron chi connectivity index (χ3n) is 9.31. The second-order valence-electron chi connectivity index (χ2n) is 11.9. The number of anilines is 2. The molecule has 3 fully saturated rings. The van der Waals surface area contributed by atoms with Crippen molar-refractivity contribution in [3.05, 3.63) is 46.9 Å². The fourth-order valence-electron chi connectivity index (χ4n) is 7.34. The fourth-order valence-corrected chi connectivity index (χ4v) is 7.34. The average molecular weight is 574 g/mol. The van der Waals surface area contributed by atoms with Crippen molar-refractivity contribution in [2.24, 2.45) is 0 Å². The molecule has 4 aliphatic heterocycles. The van der Waals surface area contributed by atoms with Gasteiger partial charge in [0.15, 0.2) is 0 Å². The minimum atomic E-state index is -0.872. The van der Waals surface area contributed by atoms with Crippen LogP contribution >= 0.6 is 0 Å². The monoisotopic (exact) mass is 573 g/mol. The summed E-state index contributed by atoms with van der Waals surface area (Å²) in [4.78, 5) is 29.4. The van der Waals surface area contributed by atoms with Crippen LogP contribution in [0.1, 0.15) is 66.6 Å². The summed E-state index contributed by atoms with van der Waals surface area (Å²) in [6.45, 7) is 3.14. The third kappa shape index (κ3) is 4.42. The van der Waals surface area contributed by atoms with Crippen LogP contribution in [0.15, 0.2) is 24.3 Å². The standard InChI is InChI=1S/C32H33F2N5O3/c1-2-23-24(34)9-8-20-14-22(40)15-26(27(20)23)39-18-25-28(30(39)41)29(37-11-5-3-4-6-12-37)36-31(35-25)42-19-32-10-7-13-38(32)17-21(33)16-32/h1,8-9,14-15,21,40H,3-7,10-13,16-19H2/t21-,32+/m1/s1. The zero-order valence-corrected chi connectivity index (χ0v) is 23.4. The molecule has 2 atom stereocenters. The Balaban J connectivity index is 1.29. The summed E-state index contributed by atoms with van der Waals surface area (Å²) in [5.41, 5.74) is 0.852. The number of phenolic OH excluding ortho intramolecular Hbond substituents is 1. The molecule has 0 aliphatic carbocycles. The first kappa shape index (κ1) is 26.9. The van der Waals surface area contributed by atoms with Crippen molar-refractivity contribution >= 4 is 28.2 Å². The van der Waals surface area contributed by atoms with Gasteiger partial charge in [-0.15, -0.1) is 6.42 Å². The maximum atomic E-state index is 14.8. The van der Waals surface area contributed by atoms with E-state index in [2.05, 4.69) is 15.7 Å². The van der Waals surface area contributed by atoms with Gasteiger partial charge >= 0.3 is 6.01 Å². The SMILES string of the molecule is C#Cc1c(F)ccc2cc(O)cc(N3Cc4nc(OC[C@@]56CCCN5C[C@H](F)C6)nc(N5CCCCCC5)c4C3=O)c12. The van der Waals surface area contributed by atoms with E-state index < -0.39 is 12.0 Å². The van der Waals surface area contributed by atoms with Gasteiger partial charge in [0.2, 0.25) is 0 Å². The van der Waals surface area contributed by atoms with Gasteiger partial charge < -0.3 is 19.6 Å². The Morgan fingerprint density at radius 1 is 1.12 bits per heavy atom. The van der Waals surface area contributed by atoms with E-state index in [-0.39, 0.29) is 41.9 Å². The summed E-state index contributed by atoms with van der Waals surface area (Å²) in [6.07, 6.45) is 11.3. The summed E-state index contributed by atoms with van der Waals surface area (Å²) in [6, 6.07) is 5.89. The first-order valence-electron chi connectivity index (χ1n) is 14.8. The zero-order chi connectivity index (χ0) is 29.0. The van der Waals surface area contributed by atoms with Gasteiger partial charge in [-0.25, -0.2) is 8.78 Å². The lowest BCUT2D eigenvalue weighted by molar-refractivity contribution is 0.0996. The molecule has 7 rings (SSSR count). The number of hydrogen-bond donors (Lipinski definition) is 1. The second-order valence-corrected chi connectivity index (χ2v) is 11.9. The van der Waals surface area contributed by atoms with Crippen molar-refractivity contribution in [2.45, 2.75) is 63.2 Å². The van der Waals surface area contributed by atoms with Crippen molar-refractivity contribution in [3.63, 3.8) is 0 Å². The molecule has 3 aromatic rings. The highest BCUT2D eigenvalue weighted by Gasteiger charge is 2.49. The number of hydrogen-bond acceptors (Lipinski definition) is 7. The number of halogens is 2. The zero-order valence-electron chi connectivity index (χ0n) is 23.4. The van der Waals surface area contributed by atoms with Crippen LogP contribution in [-0.2, 0) is 6.54 Å². The molecule has 5 heterocycles. The summed E-state index contributed by atoms with van der Waals surface area (Å²) in [5.74, 6) is 1.95. The number of ether oxygens (including phenoxy) is 1. The predicted octanol–water partition coefficient (Wildman–Crippen LogP) is 4.95. The van der Waals surface area contributed by atoms with Gasteiger partial charge in [-0.05, 0) is 49.7 Å². The van der Waals surface area contributed by atoms with Gasteiger partial charge in [0.1, 0.15) is 35.7 Å². The summed E-state index contributed by atoms with van der Waals surface area (Å²) in [5, 5.41) is 11.4. The molecule has 0 unspecified atom stereocenters. The van der Waals surface area contributed by atoms with Crippen molar-refractivity contribution in [1.29, 1.82) is 0 Å². The quantitative estimate of drug-likeness (QED) is 0.433. The molecular weight excluding hydrogens is 540 g/mol. The van der Waals surface area contributed by atoms with E-state index in [0.29, 0.717) is 46.5 Å². The molecule has 1 amide bonds. The summed E-state index contributed by atoms with van der Waals surface area (Å²) in [7, 11) is 0. The molecular formula is C32H33F2N5O3. The van der Waals surface area contributed by atoms with Gasteiger partial charge in [0.05, 0.1) is 29.0 Å². The average Bonchev–Trinajstić information content (AvgIpc) is 3.51. The van der Waals surface area contributed by atoms with E-state index in [1.54, 1.807) is 0 Å². The summed E-state index contributed by atoms with van der Waals surface area (Å²) >= 11 is 0. The number of carbonyl (C=O) groups excluding carboxylic acids is 1. The van der Waals surface area contributed by atoms with E-state index in [0.717, 1.165) is 58.2 Å². The van der Waals surface area contributed by atoms with E-state index in [1.165, 1.54) is 29.2 Å². The van der Waals surface area contributed by atoms with E-state index in [4.69, 9.17) is 21.1 Å². The number of fused-ring (bicyclic) bond motifs is 3. The Morgan fingerprint density at radius 2 is 1.93 bits per heavy atom. The van der Waals surface area contributed by atoms with Gasteiger partial charge in [0.25, 0.3) is 5.91 Å². The maximum Gasteiger partial charge on any atom is 0.318 e. The van der Waals surface area contributed by atoms with E-state index in [1.807, 2.05) is 0 Å². The molecule has 0 saturated carbocycles. The Morgan fingerprint density at radius 3 is 2.71 bits per heavy atom. The van der Waals surface area contributed by atoms with Gasteiger partial charge in [-0.2, -0.15) is 9.97 Å². The first-order valence-corrected chi connectivity index (χ1v) is 14.8. The molecule has 0 radical (unpaired) electrons. The van der Waals surface area contributed by atoms with Crippen LogP contribution in [-0.4, -0.2) is 70.4 Å². The van der Waals surface area contributed by atoms with Crippen LogP contribution in [0.25, 0.3) is 10.8 Å². The highest BCUT2D eigenvalue weighted by Crippen LogP contribution is 2.42. The van der Waals surface area contributed by atoms with Crippen molar-refractivity contribution in [3.8, 4) is 24.1 Å². The van der Waals surface area contributed by atoms with Crippen LogP contribution in [0.4, 0.5) is 20.3 Å². The van der Waals surface area contributed by atoms with Crippen molar-refractivity contribution < 1.29 is 23.4 Å². The molecule has 8 nitrogen and oxygen atoms in total. The van der Waals surface area contributed by atoms with Gasteiger partial charge in [0, 0.05) is 37.5 Å². The molecule has 10 heteroatoms. The van der Waals surface area contributed by atoms with Crippen LogP contribution < -0.4 is 14.5 Å². The minimum Gasteiger partial charge on any atom is -0.508 e.